The molecule has 0 bridgehead atoms. The predicted octanol–water partition coefficient (Wildman–Crippen LogP) is 3.79. The van der Waals surface area contributed by atoms with Crippen LogP contribution in [0.4, 0.5) is 0 Å². The van der Waals surface area contributed by atoms with Crippen molar-refractivity contribution in [1.82, 2.24) is 4.90 Å². The van der Waals surface area contributed by atoms with Gasteiger partial charge < -0.3 is 5.73 Å². The van der Waals surface area contributed by atoms with Crippen molar-refractivity contribution in [3.05, 3.63) is 21.9 Å². The lowest BCUT2D eigenvalue weighted by Gasteiger charge is -2.49. The summed E-state index contributed by atoms with van der Waals surface area (Å²) < 4.78 is 0. The van der Waals surface area contributed by atoms with E-state index in [-0.39, 0.29) is 0 Å². The van der Waals surface area contributed by atoms with Gasteiger partial charge in [0.25, 0.3) is 0 Å². The van der Waals surface area contributed by atoms with Crippen molar-refractivity contribution in [2.75, 3.05) is 13.1 Å². The van der Waals surface area contributed by atoms with Gasteiger partial charge in [-0.15, -0.1) is 11.3 Å². The summed E-state index contributed by atoms with van der Waals surface area (Å²) in [6.45, 7) is 5.50. The highest BCUT2D eigenvalue weighted by atomic mass is 32.1. The van der Waals surface area contributed by atoms with Gasteiger partial charge in [0, 0.05) is 30.1 Å². The fraction of sp³-hybridized carbons (Fsp3) is 0.765. The smallest absolute Gasteiger partial charge is 0.0335 e. The Bertz CT molecular complexity index is 432. The number of rotatable bonds is 4. The Morgan fingerprint density at radius 2 is 2.20 bits per heavy atom. The molecule has 1 saturated carbocycles. The van der Waals surface area contributed by atoms with Crippen molar-refractivity contribution in [3.63, 3.8) is 0 Å². The van der Waals surface area contributed by atoms with Crippen molar-refractivity contribution in [3.8, 4) is 0 Å². The summed E-state index contributed by atoms with van der Waals surface area (Å²) in [6.07, 6.45) is 9.38. The summed E-state index contributed by atoms with van der Waals surface area (Å²) in [5, 5.41) is 2.25. The van der Waals surface area contributed by atoms with Crippen LogP contribution in [0.1, 0.15) is 55.9 Å². The zero-order valence-electron chi connectivity index (χ0n) is 12.7. The lowest BCUT2D eigenvalue weighted by atomic mass is 9.73. The van der Waals surface area contributed by atoms with Crippen LogP contribution >= 0.6 is 11.3 Å². The van der Waals surface area contributed by atoms with E-state index in [1.165, 1.54) is 51.5 Å². The first-order valence-corrected chi connectivity index (χ1v) is 9.16. The molecule has 1 fully saturated rings. The lowest BCUT2D eigenvalue weighted by molar-refractivity contribution is 0.0304. The molecule has 0 saturated heterocycles. The predicted molar refractivity (Wildman–Crippen MR) is 87.1 cm³/mol. The highest BCUT2D eigenvalue weighted by molar-refractivity contribution is 7.10. The van der Waals surface area contributed by atoms with Gasteiger partial charge in [0.1, 0.15) is 0 Å². The molecule has 3 rings (SSSR count). The van der Waals surface area contributed by atoms with E-state index in [0.29, 0.717) is 5.54 Å². The van der Waals surface area contributed by atoms with Gasteiger partial charge in [0.15, 0.2) is 0 Å². The van der Waals surface area contributed by atoms with Crippen LogP contribution in [0.15, 0.2) is 11.4 Å². The maximum atomic E-state index is 6.24. The second kappa shape index (κ2) is 6.17. The lowest BCUT2D eigenvalue weighted by Crippen LogP contribution is -2.56. The molecular formula is C17H28N2S. The third-order valence-corrected chi connectivity index (χ3v) is 6.61. The van der Waals surface area contributed by atoms with Gasteiger partial charge in [-0.25, -0.2) is 0 Å². The Kier molecular flexibility index (Phi) is 4.49. The number of thiophene rings is 1. The minimum absolute atomic E-state index is 0.296. The highest BCUT2D eigenvalue weighted by Crippen LogP contribution is 2.40. The van der Waals surface area contributed by atoms with E-state index >= 15 is 0 Å². The van der Waals surface area contributed by atoms with Crippen molar-refractivity contribution < 1.29 is 0 Å². The molecule has 1 aliphatic heterocycles. The third-order valence-electron chi connectivity index (χ3n) is 5.59. The van der Waals surface area contributed by atoms with E-state index in [1.54, 1.807) is 10.4 Å². The summed E-state index contributed by atoms with van der Waals surface area (Å²) in [7, 11) is 0. The molecule has 0 aromatic carbocycles. The normalized spacial score (nSPS) is 31.2. The van der Waals surface area contributed by atoms with Gasteiger partial charge in [-0.1, -0.05) is 19.8 Å². The number of nitrogens with two attached hydrogens (primary N) is 1. The van der Waals surface area contributed by atoms with Gasteiger partial charge >= 0.3 is 0 Å². The molecule has 0 radical (unpaired) electrons. The molecule has 1 aromatic heterocycles. The molecule has 0 unspecified atom stereocenters. The fourth-order valence-corrected chi connectivity index (χ4v) is 5.10. The molecule has 1 aromatic rings. The van der Waals surface area contributed by atoms with E-state index in [2.05, 4.69) is 23.3 Å². The van der Waals surface area contributed by atoms with Crippen molar-refractivity contribution >= 4 is 11.3 Å². The van der Waals surface area contributed by atoms with E-state index in [0.717, 1.165) is 19.0 Å². The Hall–Kier alpha value is -0.380. The van der Waals surface area contributed by atoms with Gasteiger partial charge in [-0.05, 0) is 55.0 Å². The maximum absolute atomic E-state index is 6.24. The number of hydrogen-bond donors (Lipinski definition) is 1. The van der Waals surface area contributed by atoms with Crippen LogP contribution in [0.25, 0.3) is 0 Å². The molecule has 2 nitrogen and oxygen atoms in total. The van der Waals surface area contributed by atoms with Gasteiger partial charge in [-0.3, -0.25) is 4.90 Å². The van der Waals surface area contributed by atoms with Crippen LogP contribution in [-0.2, 0) is 13.0 Å². The van der Waals surface area contributed by atoms with Crippen LogP contribution < -0.4 is 5.73 Å². The molecule has 2 heterocycles. The largest absolute Gasteiger partial charge is 0.329 e. The van der Waals surface area contributed by atoms with Crippen molar-refractivity contribution in [2.45, 2.75) is 64.0 Å². The van der Waals surface area contributed by atoms with Crippen LogP contribution in [-0.4, -0.2) is 23.5 Å². The molecule has 0 atom stereocenters. The molecule has 20 heavy (non-hydrogen) atoms. The quantitative estimate of drug-likeness (QED) is 0.914. The van der Waals surface area contributed by atoms with E-state index < -0.39 is 0 Å². The first kappa shape index (κ1) is 14.6. The number of hydrogen-bond acceptors (Lipinski definition) is 3. The first-order chi connectivity index (χ1) is 9.77. The Balaban J connectivity index is 1.68. The summed E-state index contributed by atoms with van der Waals surface area (Å²) in [6, 6.07) is 2.32. The van der Waals surface area contributed by atoms with Crippen LogP contribution in [0.2, 0.25) is 0 Å². The van der Waals surface area contributed by atoms with E-state index in [9.17, 15) is 0 Å². The van der Waals surface area contributed by atoms with E-state index in [4.69, 9.17) is 5.73 Å². The summed E-state index contributed by atoms with van der Waals surface area (Å²) in [4.78, 5) is 4.32. The van der Waals surface area contributed by atoms with Crippen molar-refractivity contribution in [1.29, 1.82) is 0 Å². The number of fused-ring (bicyclic) bond motifs is 1. The second-order valence-corrected chi connectivity index (χ2v) is 7.70. The monoisotopic (exact) mass is 292 g/mol. The molecule has 0 spiro atoms. The van der Waals surface area contributed by atoms with Crippen LogP contribution in [0.3, 0.4) is 0 Å². The number of nitrogens with zero attached hydrogens (tertiary/aromatic N) is 1. The SMILES string of the molecule is CCCC1CCC(CN)(N2CCc3sccc3C2)CC1. The molecule has 0 amide bonds. The average Bonchev–Trinajstić information content (AvgIpc) is 2.96. The second-order valence-electron chi connectivity index (χ2n) is 6.70. The highest BCUT2D eigenvalue weighted by Gasteiger charge is 2.40. The Morgan fingerprint density at radius 3 is 2.90 bits per heavy atom. The molecule has 112 valence electrons. The van der Waals surface area contributed by atoms with Crippen LogP contribution in [0.5, 0.6) is 0 Å². The molecule has 2 N–H and O–H groups in total. The average molecular weight is 292 g/mol. The first-order valence-electron chi connectivity index (χ1n) is 8.28. The molecular weight excluding hydrogens is 264 g/mol. The summed E-state index contributed by atoms with van der Waals surface area (Å²) in [5.74, 6) is 0.959. The summed E-state index contributed by atoms with van der Waals surface area (Å²) in [5.41, 5.74) is 8.10. The van der Waals surface area contributed by atoms with Crippen molar-refractivity contribution in [2.24, 2.45) is 11.7 Å². The molecule has 2 aliphatic rings. The topological polar surface area (TPSA) is 29.3 Å². The van der Waals surface area contributed by atoms with Gasteiger partial charge in [-0.2, -0.15) is 0 Å². The summed E-state index contributed by atoms with van der Waals surface area (Å²) >= 11 is 1.93. The Labute approximate surface area is 127 Å². The minimum Gasteiger partial charge on any atom is -0.329 e. The van der Waals surface area contributed by atoms with Crippen LogP contribution in [0, 0.1) is 5.92 Å². The van der Waals surface area contributed by atoms with Gasteiger partial charge in [0.05, 0.1) is 0 Å². The zero-order chi connectivity index (χ0) is 14.0. The fourth-order valence-electron chi connectivity index (χ4n) is 4.21. The van der Waals surface area contributed by atoms with E-state index in [1.807, 2.05) is 11.3 Å². The minimum atomic E-state index is 0.296. The molecule has 1 aliphatic carbocycles. The Morgan fingerprint density at radius 1 is 1.40 bits per heavy atom. The van der Waals surface area contributed by atoms with Gasteiger partial charge in [0.2, 0.25) is 0 Å². The standard InChI is InChI=1S/C17H28N2S/c1-2-3-14-4-8-17(13-18,9-5-14)19-10-6-16-15(12-19)7-11-20-16/h7,11,14H,2-6,8-10,12-13,18H2,1H3. The third kappa shape index (κ3) is 2.68. The molecule has 3 heteroatoms. The zero-order valence-corrected chi connectivity index (χ0v) is 13.6. The maximum Gasteiger partial charge on any atom is 0.0335 e.